The Bertz CT molecular complexity index is 154. The molecule has 0 aliphatic rings. The number of hydrogen-bond acceptors (Lipinski definition) is 3. The predicted molar refractivity (Wildman–Crippen MR) is 70.5 cm³/mol. The van der Waals surface area contributed by atoms with Gasteiger partial charge in [-0.05, 0) is 33.1 Å². The molecule has 0 fully saturated rings. The molecule has 1 unspecified atom stereocenters. The highest BCUT2D eigenvalue weighted by atomic mass is 32.2. The molecule has 0 radical (unpaired) electrons. The lowest BCUT2D eigenvalue weighted by Gasteiger charge is -2.18. The van der Waals surface area contributed by atoms with E-state index in [9.17, 15) is 5.11 Å². The van der Waals surface area contributed by atoms with Crippen molar-refractivity contribution in [1.29, 1.82) is 0 Å². The Morgan fingerprint density at radius 3 is 2.33 bits per heavy atom. The van der Waals surface area contributed by atoms with Gasteiger partial charge in [0.25, 0.3) is 0 Å². The van der Waals surface area contributed by atoms with Gasteiger partial charge in [-0.1, -0.05) is 13.8 Å². The van der Waals surface area contributed by atoms with Gasteiger partial charge >= 0.3 is 0 Å². The summed E-state index contributed by atoms with van der Waals surface area (Å²) in [7, 11) is 0. The number of nitrogens with one attached hydrogen (secondary N) is 1. The van der Waals surface area contributed by atoms with Crippen molar-refractivity contribution in [3.8, 4) is 0 Å². The molecule has 0 saturated heterocycles. The second-order valence-electron chi connectivity index (χ2n) is 5.35. The highest BCUT2D eigenvalue weighted by Crippen LogP contribution is 2.11. The van der Waals surface area contributed by atoms with E-state index >= 15 is 0 Å². The highest BCUT2D eigenvalue weighted by Gasteiger charge is 2.11. The van der Waals surface area contributed by atoms with Crippen molar-refractivity contribution in [2.45, 2.75) is 52.7 Å². The van der Waals surface area contributed by atoms with E-state index in [1.54, 1.807) is 0 Å². The zero-order valence-corrected chi connectivity index (χ0v) is 11.7. The molecule has 0 aromatic heterocycles. The van der Waals surface area contributed by atoms with Crippen LogP contribution in [0.2, 0.25) is 0 Å². The lowest BCUT2D eigenvalue weighted by Crippen LogP contribution is -2.30. The third kappa shape index (κ3) is 12.2. The summed E-state index contributed by atoms with van der Waals surface area (Å²) >= 11 is 1.81. The molecular formula is C12H27NOS. The van der Waals surface area contributed by atoms with Crippen LogP contribution in [-0.4, -0.2) is 34.8 Å². The Labute approximate surface area is 99.2 Å². The van der Waals surface area contributed by atoms with E-state index in [4.69, 9.17) is 0 Å². The molecule has 2 N–H and O–H groups in total. The topological polar surface area (TPSA) is 32.3 Å². The standard InChI is InChI=1S/C12H27NOS/c1-10(2)8-11(3)13-6-7-15-9-12(4,5)14/h10-11,13-14H,6-9H2,1-5H3. The highest BCUT2D eigenvalue weighted by molar-refractivity contribution is 7.99. The number of hydrogen-bond donors (Lipinski definition) is 2. The molecule has 0 heterocycles. The zero-order chi connectivity index (χ0) is 11.9. The SMILES string of the molecule is CC(C)CC(C)NCCSCC(C)(C)O. The molecule has 0 bridgehead atoms. The molecule has 0 aliphatic carbocycles. The summed E-state index contributed by atoms with van der Waals surface area (Å²) < 4.78 is 0. The summed E-state index contributed by atoms with van der Waals surface area (Å²) in [4.78, 5) is 0. The van der Waals surface area contributed by atoms with E-state index in [1.165, 1.54) is 6.42 Å². The molecular weight excluding hydrogens is 206 g/mol. The molecule has 0 saturated carbocycles. The third-order valence-electron chi connectivity index (χ3n) is 2.02. The van der Waals surface area contributed by atoms with Crippen molar-refractivity contribution >= 4 is 11.8 Å². The molecule has 0 aromatic rings. The van der Waals surface area contributed by atoms with E-state index in [1.807, 2.05) is 25.6 Å². The van der Waals surface area contributed by atoms with Crippen molar-refractivity contribution in [3.05, 3.63) is 0 Å². The largest absolute Gasteiger partial charge is 0.390 e. The molecule has 0 aliphatic heterocycles. The Kier molecular flexibility index (Phi) is 7.66. The number of rotatable bonds is 8. The van der Waals surface area contributed by atoms with Crippen LogP contribution in [0.5, 0.6) is 0 Å². The molecule has 0 spiro atoms. The van der Waals surface area contributed by atoms with Gasteiger partial charge in [-0.25, -0.2) is 0 Å². The molecule has 3 heteroatoms. The maximum absolute atomic E-state index is 9.50. The first kappa shape index (κ1) is 15.3. The van der Waals surface area contributed by atoms with Crippen molar-refractivity contribution in [2.75, 3.05) is 18.1 Å². The van der Waals surface area contributed by atoms with Gasteiger partial charge in [0.15, 0.2) is 0 Å². The monoisotopic (exact) mass is 233 g/mol. The van der Waals surface area contributed by atoms with Crippen LogP contribution < -0.4 is 5.32 Å². The second-order valence-corrected chi connectivity index (χ2v) is 6.45. The first-order valence-corrected chi connectivity index (χ1v) is 7.00. The number of aliphatic hydroxyl groups is 1. The summed E-state index contributed by atoms with van der Waals surface area (Å²) in [6.45, 7) is 11.5. The lowest BCUT2D eigenvalue weighted by molar-refractivity contribution is 0.107. The minimum absolute atomic E-state index is 0.534. The van der Waals surface area contributed by atoms with Gasteiger partial charge in [-0.2, -0.15) is 11.8 Å². The van der Waals surface area contributed by atoms with Gasteiger partial charge in [0.05, 0.1) is 5.60 Å². The molecule has 1 atom stereocenters. The van der Waals surface area contributed by atoms with Gasteiger partial charge in [0.1, 0.15) is 0 Å². The van der Waals surface area contributed by atoms with Crippen molar-refractivity contribution in [1.82, 2.24) is 5.32 Å². The fourth-order valence-corrected chi connectivity index (χ4v) is 2.40. The minimum atomic E-state index is -0.534. The minimum Gasteiger partial charge on any atom is -0.390 e. The van der Waals surface area contributed by atoms with Gasteiger partial charge in [-0.3, -0.25) is 0 Å². The number of thioether (sulfide) groups is 1. The zero-order valence-electron chi connectivity index (χ0n) is 10.8. The first-order chi connectivity index (χ1) is 6.81. The van der Waals surface area contributed by atoms with Crippen LogP contribution in [0.3, 0.4) is 0 Å². The van der Waals surface area contributed by atoms with E-state index in [0.717, 1.165) is 24.0 Å². The Balaban J connectivity index is 3.31. The maximum Gasteiger partial charge on any atom is 0.0681 e. The predicted octanol–water partition coefficient (Wildman–Crippen LogP) is 2.51. The maximum atomic E-state index is 9.50. The third-order valence-corrected chi connectivity index (χ3v) is 3.42. The van der Waals surface area contributed by atoms with Gasteiger partial charge in [0, 0.05) is 24.1 Å². The Morgan fingerprint density at radius 2 is 1.87 bits per heavy atom. The fraction of sp³-hybridized carbons (Fsp3) is 1.00. The van der Waals surface area contributed by atoms with Crippen molar-refractivity contribution in [3.63, 3.8) is 0 Å². The van der Waals surface area contributed by atoms with E-state index in [2.05, 4.69) is 26.1 Å². The Morgan fingerprint density at radius 1 is 1.27 bits per heavy atom. The van der Waals surface area contributed by atoms with Crippen LogP contribution >= 0.6 is 11.8 Å². The molecule has 92 valence electrons. The molecule has 2 nitrogen and oxygen atoms in total. The summed E-state index contributed by atoms with van der Waals surface area (Å²) in [6.07, 6.45) is 1.23. The van der Waals surface area contributed by atoms with E-state index in [-0.39, 0.29) is 0 Å². The van der Waals surface area contributed by atoms with Crippen molar-refractivity contribution < 1.29 is 5.11 Å². The quantitative estimate of drug-likeness (QED) is 0.632. The lowest BCUT2D eigenvalue weighted by atomic mass is 10.1. The molecule has 0 amide bonds. The van der Waals surface area contributed by atoms with Crippen LogP contribution in [-0.2, 0) is 0 Å². The first-order valence-electron chi connectivity index (χ1n) is 5.85. The average Bonchev–Trinajstić information content (AvgIpc) is 1.99. The van der Waals surface area contributed by atoms with Crippen LogP contribution in [0, 0.1) is 5.92 Å². The van der Waals surface area contributed by atoms with Gasteiger partial charge in [0.2, 0.25) is 0 Å². The average molecular weight is 233 g/mol. The summed E-state index contributed by atoms with van der Waals surface area (Å²) in [5, 5.41) is 13.0. The second kappa shape index (κ2) is 7.53. The normalized spacial score (nSPS) is 14.6. The Hall–Kier alpha value is 0.270. The molecule has 0 aromatic carbocycles. The van der Waals surface area contributed by atoms with Gasteiger partial charge in [-0.15, -0.1) is 0 Å². The van der Waals surface area contributed by atoms with Crippen LogP contribution in [0.4, 0.5) is 0 Å². The van der Waals surface area contributed by atoms with Crippen molar-refractivity contribution in [2.24, 2.45) is 5.92 Å². The van der Waals surface area contributed by atoms with Crippen LogP contribution in [0.1, 0.15) is 41.0 Å². The van der Waals surface area contributed by atoms with E-state index < -0.39 is 5.60 Å². The smallest absolute Gasteiger partial charge is 0.0681 e. The fourth-order valence-electron chi connectivity index (χ4n) is 1.49. The summed E-state index contributed by atoms with van der Waals surface area (Å²) in [6, 6.07) is 0.604. The molecule has 15 heavy (non-hydrogen) atoms. The van der Waals surface area contributed by atoms with E-state index in [0.29, 0.717) is 6.04 Å². The molecule has 0 rings (SSSR count). The summed E-state index contributed by atoms with van der Waals surface area (Å²) in [5.41, 5.74) is -0.534. The summed E-state index contributed by atoms with van der Waals surface area (Å²) in [5.74, 6) is 2.65. The van der Waals surface area contributed by atoms with Crippen LogP contribution in [0.15, 0.2) is 0 Å². The van der Waals surface area contributed by atoms with Gasteiger partial charge < -0.3 is 10.4 Å². The van der Waals surface area contributed by atoms with Crippen LogP contribution in [0.25, 0.3) is 0 Å².